The minimum Gasteiger partial charge on any atom is -0.394 e. The van der Waals surface area contributed by atoms with Gasteiger partial charge in [0.05, 0.1) is 12.7 Å². The zero-order valence-corrected chi connectivity index (χ0v) is 13.3. The van der Waals surface area contributed by atoms with Crippen molar-refractivity contribution in [3.05, 3.63) is 22.2 Å². The van der Waals surface area contributed by atoms with E-state index in [1.54, 1.807) is 6.20 Å². The molecule has 122 valence electrons. The number of aryl methyl sites for hydroxylation is 1. The van der Waals surface area contributed by atoms with Gasteiger partial charge in [-0.2, -0.15) is 16.7 Å². The van der Waals surface area contributed by atoms with Crippen molar-refractivity contribution in [2.24, 2.45) is 0 Å². The lowest BCUT2D eigenvalue weighted by Crippen LogP contribution is -2.37. The highest BCUT2D eigenvalue weighted by Gasteiger charge is 2.35. The first kappa shape index (κ1) is 15.8. The van der Waals surface area contributed by atoms with Crippen LogP contribution in [0.2, 0.25) is 0 Å². The van der Waals surface area contributed by atoms with Gasteiger partial charge in [-0.3, -0.25) is 4.57 Å². The Kier molecular flexibility index (Phi) is 4.72. The van der Waals surface area contributed by atoms with Crippen molar-refractivity contribution >= 4 is 17.6 Å². The fourth-order valence-electron chi connectivity index (χ4n) is 2.91. The molecule has 2 N–H and O–H groups in total. The van der Waals surface area contributed by atoms with E-state index in [1.807, 2.05) is 18.7 Å². The summed E-state index contributed by atoms with van der Waals surface area (Å²) in [5.41, 5.74) is 0.534. The highest BCUT2D eigenvalue weighted by molar-refractivity contribution is 7.99. The fourth-order valence-corrected chi connectivity index (χ4v) is 3.81. The van der Waals surface area contributed by atoms with Crippen LogP contribution in [0.1, 0.15) is 18.2 Å². The van der Waals surface area contributed by atoms with Crippen LogP contribution in [0.4, 0.5) is 5.82 Å². The lowest BCUT2D eigenvalue weighted by Gasteiger charge is -2.29. The Hall–Kier alpha value is -1.09. The fraction of sp³-hybridized carbons (Fsp3) is 0.714. The van der Waals surface area contributed by atoms with Crippen LogP contribution in [0.15, 0.2) is 11.0 Å². The van der Waals surface area contributed by atoms with Crippen molar-refractivity contribution in [3.63, 3.8) is 0 Å². The molecule has 7 nitrogen and oxygen atoms in total. The maximum Gasteiger partial charge on any atom is 0.351 e. The summed E-state index contributed by atoms with van der Waals surface area (Å²) in [5.74, 6) is 2.82. The molecule has 0 spiro atoms. The van der Waals surface area contributed by atoms with Crippen LogP contribution in [-0.2, 0) is 4.74 Å². The molecule has 3 atom stereocenters. The second kappa shape index (κ2) is 6.57. The Morgan fingerprint density at radius 2 is 2.18 bits per heavy atom. The van der Waals surface area contributed by atoms with Crippen molar-refractivity contribution in [2.75, 3.05) is 36.1 Å². The van der Waals surface area contributed by atoms with Crippen LogP contribution in [0, 0.1) is 6.92 Å². The predicted octanol–water partition coefficient (Wildman–Crippen LogP) is -0.254. The highest BCUT2D eigenvalue weighted by Crippen LogP contribution is 2.28. The first-order chi connectivity index (χ1) is 10.6. The van der Waals surface area contributed by atoms with E-state index in [0.29, 0.717) is 0 Å². The molecule has 0 aromatic carbocycles. The van der Waals surface area contributed by atoms with Crippen LogP contribution in [-0.4, -0.2) is 63.2 Å². The summed E-state index contributed by atoms with van der Waals surface area (Å²) < 4.78 is 6.95. The quantitative estimate of drug-likeness (QED) is 0.791. The first-order valence-electron chi connectivity index (χ1n) is 7.47. The van der Waals surface area contributed by atoms with Gasteiger partial charge in [0, 0.05) is 42.8 Å². The molecule has 0 bridgehead atoms. The molecule has 0 amide bonds. The highest BCUT2D eigenvalue weighted by atomic mass is 32.2. The third-order valence-electron chi connectivity index (χ3n) is 4.11. The van der Waals surface area contributed by atoms with Gasteiger partial charge in [-0.05, 0) is 6.92 Å². The second-order valence-corrected chi connectivity index (χ2v) is 6.88. The number of nitrogens with zero attached hydrogens (tertiary/aromatic N) is 3. The standard InChI is InChI=1S/C14H21N3O4S/c1-9-7-17(12-6-10(19)11(8-18)21-12)14(20)15-13(9)16-2-4-22-5-3-16/h7,10-12,18-19H,2-6,8H2,1H3/t10-,11-,12+/m0/s1. The molecular weight excluding hydrogens is 306 g/mol. The maximum absolute atomic E-state index is 12.3. The van der Waals surface area contributed by atoms with Crippen LogP contribution in [0.3, 0.4) is 0 Å². The smallest absolute Gasteiger partial charge is 0.351 e. The van der Waals surface area contributed by atoms with Gasteiger partial charge in [0.1, 0.15) is 18.1 Å². The summed E-state index contributed by atoms with van der Waals surface area (Å²) in [7, 11) is 0. The number of hydrogen-bond acceptors (Lipinski definition) is 7. The average Bonchev–Trinajstić information content (AvgIpc) is 2.91. The number of hydrogen-bond donors (Lipinski definition) is 2. The molecule has 0 radical (unpaired) electrons. The van der Waals surface area contributed by atoms with E-state index in [-0.39, 0.29) is 18.7 Å². The molecule has 2 aliphatic rings. The van der Waals surface area contributed by atoms with Gasteiger partial charge in [-0.25, -0.2) is 4.79 Å². The van der Waals surface area contributed by atoms with Crippen molar-refractivity contribution in [2.45, 2.75) is 31.8 Å². The zero-order valence-electron chi connectivity index (χ0n) is 12.5. The Morgan fingerprint density at radius 3 is 2.82 bits per heavy atom. The lowest BCUT2D eigenvalue weighted by atomic mass is 10.2. The van der Waals surface area contributed by atoms with E-state index in [1.165, 1.54) is 4.57 Å². The topological polar surface area (TPSA) is 87.8 Å². The van der Waals surface area contributed by atoms with Crippen molar-refractivity contribution in [3.8, 4) is 0 Å². The third-order valence-corrected chi connectivity index (χ3v) is 5.06. The lowest BCUT2D eigenvalue weighted by molar-refractivity contribution is -0.0459. The number of aliphatic hydroxyl groups is 2. The largest absolute Gasteiger partial charge is 0.394 e. The summed E-state index contributed by atoms with van der Waals surface area (Å²) >= 11 is 1.91. The molecule has 8 heteroatoms. The number of aliphatic hydroxyl groups excluding tert-OH is 2. The van der Waals surface area contributed by atoms with Crippen molar-refractivity contribution in [1.29, 1.82) is 0 Å². The normalized spacial score (nSPS) is 29.0. The average molecular weight is 327 g/mol. The summed E-state index contributed by atoms with van der Waals surface area (Å²) in [6.45, 7) is 3.46. The van der Waals surface area contributed by atoms with Crippen molar-refractivity contribution < 1.29 is 14.9 Å². The van der Waals surface area contributed by atoms with E-state index in [2.05, 4.69) is 9.88 Å². The summed E-state index contributed by atoms with van der Waals surface area (Å²) in [5, 5.41) is 19.0. The minimum absolute atomic E-state index is 0.262. The zero-order chi connectivity index (χ0) is 15.7. The second-order valence-electron chi connectivity index (χ2n) is 5.65. The number of aromatic nitrogens is 2. The van der Waals surface area contributed by atoms with Gasteiger partial charge in [0.2, 0.25) is 0 Å². The molecule has 1 aromatic rings. The molecular formula is C14H21N3O4S. The van der Waals surface area contributed by atoms with E-state index in [0.717, 1.165) is 36.0 Å². The van der Waals surface area contributed by atoms with Gasteiger partial charge in [0.25, 0.3) is 0 Å². The van der Waals surface area contributed by atoms with E-state index in [4.69, 9.17) is 9.84 Å². The molecule has 0 saturated carbocycles. The Balaban J connectivity index is 1.85. The molecule has 1 aromatic heterocycles. The number of thioether (sulfide) groups is 1. The maximum atomic E-state index is 12.3. The summed E-state index contributed by atoms with van der Waals surface area (Å²) in [4.78, 5) is 18.7. The number of ether oxygens (including phenoxy) is 1. The Morgan fingerprint density at radius 1 is 1.45 bits per heavy atom. The molecule has 22 heavy (non-hydrogen) atoms. The molecule has 3 heterocycles. The van der Waals surface area contributed by atoms with Crippen LogP contribution in [0.5, 0.6) is 0 Å². The predicted molar refractivity (Wildman–Crippen MR) is 84.4 cm³/mol. The van der Waals surface area contributed by atoms with Gasteiger partial charge in [-0.1, -0.05) is 0 Å². The minimum atomic E-state index is -0.763. The molecule has 0 aliphatic carbocycles. The van der Waals surface area contributed by atoms with Gasteiger partial charge < -0.3 is 19.8 Å². The Bertz CT molecular complexity index is 588. The van der Waals surface area contributed by atoms with Gasteiger partial charge in [-0.15, -0.1) is 0 Å². The van der Waals surface area contributed by atoms with Crippen LogP contribution in [0.25, 0.3) is 0 Å². The van der Waals surface area contributed by atoms with Crippen LogP contribution < -0.4 is 10.6 Å². The summed E-state index contributed by atoms with van der Waals surface area (Å²) in [6, 6.07) is 0. The summed E-state index contributed by atoms with van der Waals surface area (Å²) in [6.07, 6.45) is 0.0454. The number of rotatable bonds is 3. The third kappa shape index (κ3) is 3.01. The molecule has 2 fully saturated rings. The Labute approximate surface area is 132 Å². The van der Waals surface area contributed by atoms with E-state index in [9.17, 15) is 9.90 Å². The van der Waals surface area contributed by atoms with E-state index >= 15 is 0 Å². The van der Waals surface area contributed by atoms with Gasteiger partial charge >= 0.3 is 5.69 Å². The monoisotopic (exact) mass is 327 g/mol. The molecule has 0 unspecified atom stereocenters. The molecule has 3 rings (SSSR count). The first-order valence-corrected chi connectivity index (χ1v) is 8.62. The number of anilines is 1. The van der Waals surface area contributed by atoms with Gasteiger partial charge in [0.15, 0.2) is 0 Å². The van der Waals surface area contributed by atoms with Crippen LogP contribution >= 0.6 is 11.8 Å². The SMILES string of the molecule is Cc1cn([C@H]2C[C@H](O)[C@H](CO)O2)c(=O)nc1N1CCSCC1. The van der Waals surface area contributed by atoms with Crippen molar-refractivity contribution in [1.82, 2.24) is 9.55 Å². The molecule has 2 saturated heterocycles. The van der Waals surface area contributed by atoms with E-state index < -0.39 is 18.4 Å². The molecule has 2 aliphatic heterocycles.